The van der Waals surface area contributed by atoms with Gasteiger partial charge >= 0.3 is 0 Å². The van der Waals surface area contributed by atoms with Gasteiger partial charge in [-0.1, -0.05) is 0 Å². The van der Waals surface area contributed by atoms with E-state index in [9.17, 15) is 9.65 Å². The molecule has 3 aromatic rings. The molecule has 2 aromatic carbocycles. The van der Waals surface area contributed by atoms with Crippen molar-refractivity contribution < 1.29 is 13.9 Å². The van der Waals surface area contributed by atoms with Crippen LogP contribution in [0.15, 0.2) is 42.6 Å². The van der Waals surface area contributed by atoms with Crippen molar-refractivity contribution in [1.29, 1.82) is 5.26 Å². The highest BCUT2D eigenvalue weighted by Gasteiger charge is 2.12. The number of nitrogens with zero attached hydrogens (tertiary/aromatic N) is 2. The van der Waals surface area contributed by atoms with Crippen LogP contribution in [0.5, 0.6) is 17.2 Å². The number of anilines is 1. The molecule has 0 radical (unpaired) electrons. The molecule has 5 nitrogen and oxygen atoms in total. The Labute approximate surface area is 138 Å². The smallest absolute Gasteiger partial charge is 0.167 e. The van der Waals surface area contributed by atoms with Crippen molar-refractivity contribution in [2.75, 3.05) is 19.5 Å². The second-order valence-electron chi connectivity index (χ2n) is 4.99. The Hall–Kier alpha value is -3.33. The van der Waals surface area contributed by atoms with Crippen LogP contribution in [-0.4, -0.2) is 19.1 Å². The van der Waals surface area contributed by atoms with Gasteiger partial charge in [-0.2, -0.15) is 5.26 Å². The Morgan fingerprint density at radius 2 is 1.96 bits per heavy atom. The van der Waals surface area contributed by atoms with Gasteiger partial charge < -0.3 is 14.8 Å². The van der Waals surface area contributed by atoms with E-state index in [1.165, 1.54) is 13.2 Å². The molecule has 1 N–H and O–H groups in total. The number of nitrogens with one attached hydrogen (secondary N) is 1. The van der Waals surface area contributed by atoms with Gasteiger partial charge in [-0.05, 0) is 24.3 Å². The summed E-state index contributed by atoms with van der Waals surface area (Å²) < 4.78 is 25.0. The Balaban J connectivity index is 2.08. The molecule has 0 aliphatic heterocycles. The van der Waals surface area contributed by atoms with E-state index in [0.717, 1.165) is 0 Å². The largest absolute Gasteiger partial charge is 0.495 e. The van der Waals surface area contributed by atoms with Gasteiger partial charge in [0.15, 0.2) is 11.6 Å². The first-order chi connectivity index (χ1) is 11.7. The molecule has 0 fully saturated rings. The summed E-state index contributed by atoms with van der Waals surface area (Å²) in [4.78, 5) is 4.24. The van der Waals surface area contributed by atoms with E-state index in [2.05, 4.69) is 16.4 Å². The molecule has 0 spiro atoms. The topological polar surface area (TPSA) is 67.2 Å². The molecule has 120 valence electrons. The standard InChI is InChI=1S/C18H14FN3O2/c1-21-12-3-4-17(14(19)8-12)24-16-5-6-22-15-9-18(23-2)11(10-20)7-13(15)16/h3-9,21H,1-2H3. The number of halogens is 1. The number of fused-ring (bicyclic) bond motifs is 1. The number of hydrogen-bond acceptors (Lipinski definition) is 5. The van der Waals surface area contributed by atoms with Gasteiger partial charge in [0.05, 0.1) is 18.2 Å². The minimum Gasteiger partial charge on any atom is -0.495 e. The van der Waals surface area contributed by atoms with E-state index in [1.54, 1.807) is 43.6 Å². The van der Waals surface area contributed by atoms with E-state index in [0.29, 0.717) is 33.7 Å². The quantitative estimate of drug-likeness (QED) is 0.783. The highest BCUT2D eigenvalue weighted by atomic mass is 19.1. The summed E-state index contributed by atoms with van der Waals surface area (Å²) >= 11 is 0. The normalized spacial score (nSPS) is 10.2. The minimum atomic E-state index is -0.485. The SMILES string of the molecule is CNc1ccc(Oc2ccnc3cc(OC)c(C#N)cc23)c(F)c1. The first kappa shape index (κ1) is 15.6. The minimum absolute atomic E-state index is 0.0934. The molecule has 3 rings (SSSR count). The first-order valence-electron chi connectivity index (χ1n) is 7.18. The molecule has 0 amide bonds. The second kappa shape index (κ2) is 6.42. The summed E-state index contributed by atoms with van der Waals surface area (Å²) in [5, 5.41) is 12.7. The molecule has 0 saturated heterocycles. The highest BCUT2D eigenvalue weighted by molar-refractivity contribution is 5.88. The van der Waals surface area contributed by atoms with Crippen molar-refractivity contribution in [3.8, 4) is 23.3 Å². The number of rotatable bonds is 4. The third kappa shape index (κ3) is 2.79. The zero-order chi connectivity index (χ0) is 17.1. The molecule has 24 heavy (non-hydrogen) atoms. The van der Waals surface area contributed by atoms with Gasteiger partial charge in [0.2, 0.25) is 0 Å². The molecule has 6 heteroatoms. The molecule has 1 heterocycles. The van der Waals surface area contributed by atoms with Crippen molar-refractivity contribution >= 4 is 16.6 Å². The fourth-order valence-electron chi connectivity index (χ4n) is 2.35. The van der Waals surface area contributed by atoms with Crippen LogP contribution < -0.4 is 14.8 Å². The van der Waals surface area contributed by atoms with Crippen LogP contribution >= 0.6 is 0 Å². The van der Waals surface area contributed by atoms with Gasteiger partial charge in [0.1, 0.15) is 17.6 Å². The lowest BCUT2D eigenvalue weighted by Gasteiger charge is -2.11. The van der Waals surface area contributed by atoms with Crippen LogP contribution in [0, 0.1) is 17.1 Å². The molecule has 0 unspecified atom stereocenters. The summed E-state index contributed by atoms with van der Waals surface area (Å²) in [5.74, 6) is 0.450. The lowest BCUT2D eigenvalue weighted by Crippen LogP contribution is -1.95. The number of methoxy groups -OCH3 is 1. The van der Waals surface area contributed by atoms with Crippen molar-refractivity contribution in [1.82, 2.24) is 4.98 Å². The second-order valence-corrected chi connectivity index (χ2v) is 4.99. The molecule has 1 aromatic heterocycles. The third-order valence-corrected chi connectivity index (χ3v) is 3.58. The molecular weight excluding hydrogens is 309 g/mol. The Kier molecular flexibility index (Phi) is 4.17. The van der Waals surface area contributed by atoms with E-state index < -0.39 is 5.82 Å². The fraction of sp³-hybridized carbons (Fsp3) is 0.111. The average molecular weight is 323 g/mol. The zero-order valence-corrected chi connectivity index (χ0v) is 13.1. The lowest BCUT2D eigenvalue weighted by atomic mass is 10.1. The number of pyridine rings is 1. The van der Waals surface area contributed by atoms with Gasteiger partial charge in [0.25, 0.3) is 0 Å². The predicted molar refractivity (Wildman–Crippen MR) is 89.0 cm³/mol. The summed E-state index contributed by atoms with van der Waals surface area (Å²) in [6.45, 7) is 0. The molecule has 0 bridgehead atoms. The lowest BCUT2D eigenvalue weighted by molar-refractivity contribution is 0.414. The van der Waals surface area contributed by atoms with Crippen LogP contribution in [0.2, 0.25) is 0 Å². The van der Waals surface area contributed by atoms with E-state index >= 15 is 0 Å². The van der Waals surface area contributed by atoms with Crippen LogP contribution in [0.3, 0.4) is 0 Å². The third-order valence-electron chi connectivity index (χ3n) is 3.58. The maximum Gasteiger partial charge on any atom is 0.167 e. The summed E-state index contributed by atoms with van der Waals surface area (Å²) in [6.07, 6.45) is 1.56. The van der Waals surface area contributed by atoms with Gasteiger partial charge in [-0.15, -0.1) is 0 Å². The van der Waals surface area contributed by atoms with E-state index in [1.807, 2.05) is 0 Å². The number of benzene rings is 2. The molecular formula is C18H14FN3O2. The molecule has 0 aliphatic carbocycles. The molecule has 0 saturated carbocycles. The molecule has 0 aliphatic rings. The first-order valence-corrected chi connectivity index (χ1v) is 7.18. The van der Waals surface area contributed by atoms with E-state index in [-0.39, 0.29) is 5.75 Å². The van der Waals surface area contributed by atoms with Crippen molar-refractivity contribution in [3.63, 3.8) is 0 Å². The van der Waals surface area contributed by atoms with Crippen molar-refractivity contribution in [2.24, 2.45) is 0 Å². The van der Waals surface area contributed by atoms with E-state index in [4.69, 9.17) is 9.47 Å². The Bertz CT molecular complexity index is 951. The average Bonchev–Trinajstić information content (AvgIpc) is 2.62. The van der Waals surface area contributed by atoms with Crippen molar-refractivity contribution in [2.45, 2.75) is 0 Å². The Morgan fingerprint density at radius 3 is 2.62 bits per heavy atom. The predicted octanol–water partition coefficient (Wildman–Crippen LogP) is 4.09. The Morgan fingerprint density at radius 1 is 1.12 bits per heavy atom. The zero-order valence-electron chi connectivity index (χ0n) is 13.1. The maximum atomic E-state index is 14.1. The monoisotopic (exact) mass is 323 g/mol. The fourth-order valence-corrected chi connectivity index (χ4v) is 2.35. The van der Waals surface area contributed by atoms with Crippen molar-refractivity contribution in [3.05, 3.63) is 54.0 Å². The number of aromatic nitrogens is 1. The highest BCUT2D eigenvalue weighted by Crippen LogP contribution is 2.34. The summed E-state index contributed by atoms with van der Waals surface area (Å²) in [5.41, 5.74) is 1.60. The van der Waals surface area contributed by atoms with Crippen LogP contribution in [0.1, 0.15) is 5.56 Å². The van der Waals surface area contributed by atoms with Gasteiger partial charge in [-0.25, -0.2) is 4.39 Å². The summed E-state index contributed by atoms with van der Waals surface area (Å²) in [7, 11) is 3.20. The van der Waals surface area contributed by atoms with Gasteiger partial charge in [0, 0.05) is 36.5 Å². The van der Waals surface area contributed by atoms with Crippen LogP contribution in [0.25, 0.3) is 10.9 Å². The maximum absolute atomic E-state index is 14.1. The summed E-state index contributed by atoms with van der Waals surface area (Å²) in [6, 6.07) is 11.6. The van der Waals surface area contributed by atoms with Crippen LogP contribution in [0.4, 0.5) is 10.1 Å². The van der Waals surface area contributed by atoms with Gasteiger partial charge in [-0.3, -0.25) is 4.98 Å². The number of hydrogen-bond donors (Lipinski definition) is 1. The number of ether oxygens (including phenoxy) is 2. The van der Waals surface area contributed by atoms with Crippen LogP contribution in [-0.2, 0) is 0 Å². The molecule has 0 atom stereocenters. The number of nitriles is 1.